The minimum absolute atomic E-state index is 0.753. The molecule has 1 fully saturated rings. The standard InChI is InChI=1S/C14H25N3/c1-5-7-15-8-9-16-13(4)17-10-6-14(11-17)12(2)3/h8-9,12,14H,4-7,10-11H2,1-3H3. The minimum Gasteiger partial charge on any atom is -0.357 e. The molecular formula is C14H25N3. The van der Waals surface area contributed by atoms with Crippen LogP contribution in [0, 0.1) is 11.8 Å². The molecule has 1 aliphatic heterocycles. The molecule has 0 radical (unpaired) electrons. The van der Waals surface area contributed by atoms with Gasteiger partial charge in [-0.3, -0.25) is 4.99 Å². The van der Waals surface area contributed by atoms with Crippen molar-refractivity contribution in [2.45, 2.75) is 33.6 Å². The Balaban J connectivity index is 2.34. The summed E-state index contributed by atoms with van der Waals surface area (Å²) < 4.78 is 0. The Kier molecular flexibility index (Phi) is 5.95. The third kappa shape index (κ3) is 4.72. The second-order valence-corrected chi connectivity index (χ2v) is 4.99. The number of nitrogens with zero attached hydrogens (tertiary/aromatic N) is 3. The summed E-state index contributed by atoms with van der Waals surface area (Å²) in [5.74, 6) is 2.41. The van der Waals surface area contributed by atoms with E-state index in [1.807, 2.05) is 0 Å². The van der Waals surface area contributed by atoms with E-state index in [4.69, 9.17) is 0 Å². The highest BCUT2D eigenvalue weighted by Crippen LogP contribution is 2.25. The zero-order valence-corrected chi connectivity index (χ0v) is 11.4. The third-order valence-corrected chi connectivity index (χ3v) is 3.28. The molecule has 0 bridgehead atoms. The molecule has 3 heteroatoms. The van der Waals surface area contributed by atoms with E-state index in [0.717, 1.165) is 43.7 Å². The van der Waals surface area contributed by atoms with Crippen LogP contribution in [0.25, 0.3) is 0 Å². The molecule has 1 heterocycles. The Morgan fingerprint density at radius 2 is 2.24 bits per heavy atom. The van der Waals surface area contributed by atoms with Crippen molar-refractivity contribution in [2.75, 3.05) is 19.6 Å². The Morgan fingerprint density at radius 1 is 1.47 bits per heavy atom. The van der Waals surface area contributed by atoms with Gasteiger partial charge in [0.15, 0.2) is 0 Å². The second kappa shape index (κ2) is 7.25. The average Bonchev–Trinajstić information content (AvgIpc) is 2.78. The van der Waals surface area contributed by atoms with Crippen LogP contribution in [0.5, 0.6) is 0 Å². The largest absolute Gasteiger partial charge is 0.357 e. The van der Waals surface area contributed by atoms with Crippen LogP contribution in [0.3, 0.4) is 0 Å². The fourth-order valence-electron chi connectivity index (χ4n) is 2.02. The molecule has 0 spiro atoms. The summed E-state index contributed by atoms with van der Waals surface area (Å²) in [6.45, 7) is 13.8. The molecule has 1 atom stereocenters. The maximum absolute atomic E-state index is 4.33. The molecule has 1 aliphatic rings. The summed E-state index contributed by atoms with van der Waals surface area (Å²) >= 11 is 0. The van der Waals surface area contributed by atoms with Crippen LogP contribution in [0.15, 0.2) is 22.4 Å². The SMILES string of the molecule is C=C(N=CC=NCCC)N1CCC(C(C)C)C1. The van der Waals surface area contributed by atoms with Gasteiger partial charge in [0, 0.05) is 32.1 Å². The lowest BCUT2D eigenvalue weighted by molar-refractivity contribution is 0.356. The average molecular weight is 235 g/mol. The van der Waals surface area contributed by atoms with Crippen molar-refractivity contribution in [1.82, 2.24) is 4.90 Å². The summed E-state index contributed by atoms with van der Waals surface area (Å²) in [6, 6.07) is 0. The van der Waals surface area contributed by atoms with E-state index in [1.54, 1.807) is 12.4 Å². The van der Waals surface area contributed by atoms with Crippen molar-refractivity contribution >= 4 is 12.4 Å². The van der Waals surface area contributed by atoms with E-state index >= 15 is 0 Å². The second-order valence-electron chi connectivity index (χ2n) is 4.99. The van der Waals surface area contributed by atoms with Crippen molar-refractivity contribution in [1.29, 1.82) is 0 Å². The number of rotatable bonds is 6. The lowest BCUT2D eigenvalue weighted by Gasteiger charge is -2.18. The molecule has 1 saturated heterocycles. The van der Waals surface area contributed by atoms with E-state index in [2.05, 4.69) is 42.2 Å². The van der Waals surface area contributed by atoms with Crippen LogP contribution >= 0.6 is 0 Å². The first kappa shape index (κ1) is 13.9. The predicted octanol–water partition coefficient (Wildman–Crippen LogP) is 2.99. The number of aliphatic imine (C=N–C) groups is 2. The molecule has 17 heavy (non-hydrogen) atoms. The van der Waals surface area contributed by atoms with Crippen LogP contribution in [0.4, 0.5) is 0 Å². The highest BCUT2D eigenvalue weighted by molar-refractivity contribution is 6.16. The molecule has 1 rings (SSSR count). The van der Waals surface area contributed by atoms with Crippen LogP contribution in [-0.4, -0.2) is 37.0 Å². The number of hydrogen-bond acceptors (Lipinski definition) is 3. The zero-order valence-electron chi connectivity index (χ0n) is 11.4. The van der Waals surface area contributed by atoms with Gasteiger partial charge in [0.2, 0.25) is 0 Å². The molecular weight excluding hydrogens is 210 g/mol. The minimum atomic E-state index is 0.753. The molecule has 0 aromatic carbocycles. The van der Waals surface area contributed by atoms with E-state index < -0.39 is 0 Å². The first-order valence-electron chi connectivity index (χ1n) is 6.61. The van der Waals surface area contributed by atoms with Gasteiger partial charge in [-0.05, 0) is 24.7 Å². The Morgan fingerprint density at radius 3 is 2.82 bits per heavy atom. The van der Waals surface area contributed by atoms with Crippen LogP contribution in [0.2, 0.25) is 0 Å². The molecule has 96 valence electrons. The van der Waals surface area contributed by atoms with E-state index in [-0.39, 0.29) is 0 Å². The summed E-state index contributed by atoms with van der Waals surface area (Å²) in [4.78, 5) is 10.8. The van der Waals surface area contributed by atoms with Crippen molar-refractivity contribution in [3.05, 3.63) is 12.4 Å². The van der Waals surface area contributed by atoms with Crippen molar-refractivity contribution in [3.8, 4) is 0 Å². The van der Waals surface area contributed by atoms with Crippen LogP contribution in [0.1, 0.15) is 33.6 Å². The Hall–Kier alpha value is -1.12. The van der Waals surface area contributed by atoms with Gasteiger partial charge in [-0.1, -0.05) is 27.4 Å². The Bertz CT molecular complexity index is 292. The van der Waals surface area contributed by atoms with Crippen molar-refractivity contribution in [3.63, 3.8) is 0 Å². The highest BCUT2D eigenvalue weighted by atomic mass is 15.2. The summed E-state index contributed by atoms with van der Waals surface area (Å²) in [5, 5.41) is 0. The lowest BCUT2D eigenvalue weighted by Crippen LogP contribution is -2.20. The van der Waals surface area contributed by atoms with Gasteiger partial charge in [-0.15, -0.1) is 0 Å². The Labute approximate surface area is 105 Å². The van der Waals surface area contributed by atoms with E-state index in [0.29, 0.717) is 0 Å². The smallest absolute Gasteiger partial charge is 0.121 e. The molecule has 1 unspecified atom stereocenters. The normalized spacial score (nSPS) is 21.2. The quantitative estimate of drug-likeness (QED) is 0.650. The van der Waals surface area contributed by atoms with Crippen LogP contribution < -0.4 is 0 Å². The van der Waals surface area contributed by atoms with E-state index in [1.165, 1.54) is 6.42 Å². The topological polar surface area (TPSA) is 28.0 Å². The zero-order chi connectivity index (χ0) is 12.7. The molecule has 0 saturated carbocycles. The third-order valence-electron chi connectivity index (χ3n) is 3.28. The molecule has 0 aromatic heterocycles. The lowest BCUT2D eigenvalue weighted by atomic mass is 9.95. The van der Waals surface area contributed by atoms with Gasteiger partial charge in [0.25, 0.3) is 0 Å². The first-order chi connectivity index (χ1) is 8.15. The molecule has 3 nitrogen and oxygen atoms in total. The fourth-order valence-corrected chi connectivity index (χ4v) is 2.02. The van der Waals surface area contributed by atoms with Crippen molar-refractivity contribution < 1.29 is 0 Å². The summed E-state index contributed by atoms with van der Waals surface area (Å²) in [6.07, 6.45) is 5.86. The molecule has 0 amide bonds. The van der Waals surface area contributed by atoms with Gasteiger partial charge in [-0.25, -0.2) is 4.99 Å². The monoisotopic (exact) mass is 235 g/mol. The maximum atomic E-state index is 4.33. The molecule has 0 N–H and O–H groups in total. The summed E-state index contributed by atoms with van der Waals surface area (Å²) in [5.41, 5.74) is 0. The molecule has 0 aromatic rings. The van der Waals surface area contributed by atoms with Crippen molar-refractivity contribution in [2.24, 2.45) is 21.8 Å². The van der Waals surface area contributed by atoms with Gasteiger partial charge in [0.05, 0.1) is 0 Å². The fraction of sp³-hybridized carbons (Fsp3) is 0.714. The van der Waals surface area contributed by atoms with Gasteiger partial charge >= 0.3 is 0 Å². The summed E-state index contributed by atoms with van der Waals surface area (Å²) in [7, 11) is 0. The van der Waals surface area contributed by atoms with Crippen LogP contribution in [-0.2, 0) is 0 Å². The number of hydrogen-bond donors (Lipinski definition) is 0. The van der Waals surface area contributed by atoms with E-state index in [9.17, 15) is 0 Å². The maximum Gasteiger partial charge on any atom is 0.121 e. The number of likely N-dealkylation sites (tertiary alicyclic amines) is 1. The van der Waals surface area contributed by atoms with Gasteiger partial charge in [0.1, 0.15) is 5.82 Å². The van der Waals surface area contributed by atoms with Gasteiger partial charge in [-0.2, -0.15) is 0 Å². The first-order valence-corrected chi connectivity index (χ1v) is 6.61. The highest BCUT2D eigenvalue weighted by Gasteiger charge is 2.25. The predicted molar refractivity (Wildman–Crippen MR) is 75.8 cm³/mol. The van der Waals surface area contributed by atoms with Gasteiger partial charge < -0.3 is 4.90 Å². The molecule has 0 aliphatic carbocycles.